The normalized spacial score (nSPS) is 18.2. The number of urea groups is 1. The molecule has 1 unspecified atom stereocenters. The average Bonchev–Trinajstić information content (AvgIpc) is 3.33. The zero-order valence-corrected chi connectivity index (χ0v) is 17.1. The van der Waals surface area contributed by atoms with Crippen molar-refractivity contribution in [2.24, 2.45) is 0 Å². The first-order valence-corrected chi connectivity index (χ1v) is 9.78. The van der Waals surface area contributed by atoms with Gasteiger partial charge in [-0.2, -0.15) is 5.01 Å². The van der Waals surface area contributed by atoms with Crippen molar-refractivity contribution in [3.8, 4) is 11.5 Å². The Morgan fingerprint density at radius 1 is 1.10 bits per heavy atom. The topological polar surface area (TPSA) is 117 Å². The van der Waals surface area contributed by atoms with Crippen LogP contribution in [-0.4, -0.2) is 33.1 Å². The summed E-state index contributed by atoms with van der Waals surface area (Å²) in [5, 5.41) is 11.3. The first kappa shape index (κ1) is 20.3. The van der Waals surface area contributed by atoms with Crippen molar-refractivity contribution in [3.63, 3.8) is 0 Å². The minimum absolute atomic E-state index is 0.0331. The number of carbonyl (C=O) groups excluding carboxylic acids is 3. The van der Waals surface area contributed by atoms with Gasteiger partial charge in [-0.25, -0.2) is 4.79 Å². The van der Waals surface area contributed by atoms with Crippen LogP contribution in [0.25, 0.3) is 11.5 Å². The van der Waals surface area contributed by atoms with Gasteiger partial charge in [0.2, 0.25) is 17.7 Å². The van der Waals surface area contributed by atoms with E-state index >= 15 is 0 Å². The highest BCUT2D eigenvalue weighted by Gasteiger charge is 2.49. The molecule has 3 aromatic rings. The third-order valence-electron chi connectivity index (χ3n) is 5.11. The summed E-state index contributed by atoms with van der Waals surface area (Å²) in [4.78, 5) is 37.5. The van der Waals surface area contributed by atoms with Crippen LogP contribution in [-0.2, 0) is 21.5 Å². The van der Waals surface area contributed by atoms with Crippen molar-refractivity contribution in [2.75, 3.05) is 0 Å². The van der Waals surface area contributed by atoms with E-state index in [9.17, 15) is 14.4 Å². The molecule has 2 aromatic carbocycles. The number of carbonyl (C=O) groups is 3. The maximum Gasteiger partial charge on any atom is 0.344 e. The van der Waals surface area contributed by atoms with Gasteiger partial charge in [0.15, 0.2) is 0 Å². The Morgan fingerprint density at radius 3 is 2.52 bits per heavy atom. The number of rotatable bonds is 6. The van der Waals surface area contributed by atoms with E-state index in [0.717, 1.165) is 11.1 Å². The molecular weight excluding hydrogens is 398 g/mol. The monoisotopic (exact) mass is 419 g/mol. The molecule has 1 aliphatic rings. The number of hydrogen-bond acceptors (Lipinski definition) is 6. The van der Waals surface area contributed by atoms with E-state index < -0.39 is 23.4 Å². The van der Waals surface area contributed by atoms with Gasteiger partial charge in [-0.05, 0) is 31.5 Å². The van der Waals surface area contributed by atoms with Crippen molar-refractivity contribution in [1.82, 2.24) is 25.9 Å². The standard InChI is InChI=1S/C22H21N5O4/c1-14-8-10-15(11-9-14)19-25-24-18(31-19)13-12-17(28)26-27-20(29)22(2,23-21(27)30)16-6-4-3-5-7-16/h3-11H,12-13H2,1-2H3,(H,23,30)(H,26,28). The Hall–Kier alpha value is -4.01. The Bertz CT molecular complexity index is 1130. The average molecular weight is 419 g/mol. The molecule has 4 rings (SSSR count). The van der Waals surface area contributed by atoms with E-state index in [0.29, 0.717) is 16.5 Å². The first-order valence-electron chi connectivity index (χ1n) is 9.78. The van der Waals surface area contributed by atoms with Crippen LogP contribution < -0.4 is 10.7 Å². The molecule has 2 heterocycles. The summed E-state index contributed by atoms with van der Waals surface area (Å²) < 4.78 is 5.60. The summed E-state index contributed by atoms with van der Waals surface area (Å²) >= 11 is 0. The second-order valence-electron chi connectivity index (χ2n) is 7.46. The summed E-state index contributed by atoms with van der Waals surface area (Å²) in [5.74, 6) is -0.424. The van der Waals surface area contributed by atoms with Crippen molar-refractivity contribution in [2.45, 2.75) is 32.2 Å². The number of imide groups is 1. The first-order chi connectivity index (χ1) is 14.9. The Balaban J connectivity index is 1.37. The number of aryl methyl sites for hydroxylation is 2. The van der Waals surface area contributed by atoms with Gasteiger partial charge in [0.05, 0.1) is 0 Å². The van der Waals surface area contributed by atoms with Crippen LogP contribution in [0.15, 0.2) is 59.0 Å². The molecule has 4 amide bonds. The lowest BCUT2D eigenvalue weighted by Crippen LogP contribution is -2.48. The van der Waals surface area contributed by atoms with Crippen LogP contribution in [0.4, 0.5) is 4.79 Å². The number of amides is 4. The van der Waals surface area contributed by atoms with Crippen LogP contribution in [0, 0.1) is 6.92 Å². The Morgan fingerprint density at radius 2 is 1.81 bits per heavy atom. The Labute approximate surface area is 178 Å². The highest BCUT2D eigenvalue weighted by Crippen LogP contribution is 2.27. The lowest BCUT2D eigenvalue weighted by Gasteiger charge is -2.22. The summed E-state index contributed by atoms with van der Waals surface area (Å²) in [6.45, 7) is 3.58. The fraction of sp³-hybridized carbons (Fsp3) is 0.227. The molecule has 1 atom stereocenters. The van der Waals surface area contributed by atoms with Crippen molar-refractivity contribution in [3.05, 3.63) is 71.6 Å². The van der Waals surface area contributed by atoms with Gasteiger partial charge in [0, 0.05) is 18.4 Å². The van der Waals surface area contributed by atoms with Crippen LogP contribution in [0.1, 0.15) is 30.4 Å². The van der Waals surface area contributed by atoms with Crippen LogP contribution >= 0.6 is 0 Å². The van der Waals surface area contributed by atoms with Gasteiger partial charge in [0.25, 0.3) is 5.91 Å². The molecule has 1 aromatic heterocycles. The summed E-state index contributed by atoms with van der Waals surface area (Å²) in [6, 6.07) is 15.8. The van der Waals surface area contributed by atoms with Crippen molar-refractivity contribution < 1.29 is 18.8 Å². The number of nitrogens with zero attached hydrogens (tertiary/aromatic N) is 3. The molecule has 31 heavy (non-hydrogen) atoms. The quantitative estimate of drug-likeness (QED) is 0.593. The van der Waals surface area contributed by atoms with E-state index in [-0.39, 0.29) is 18.7 Å². The fourth-order valence-corrected chi connectivity index (χ4v) is 3.28. The maximum atomic E-state index is 12.8. The van der Waals surface area contributed by atoms with E-state index in [1.807, 2.05) is 37.3 Å². The molecule has 1 fully saturated rings. The summed E-state index contributed by atoms with van der Waals surface area (Å²) in [6.07, 6.45) is 0.138. The summed E-state index contributed by atoms with van der Waals surface area (Å²) in [5.41, 5.74) is 3.64. The SMILES string of the molecule is Cc1ccc(-c2nnc(CCC(=O)NN3C(=O)NC(C)(c4ccccc4)C3=O)o2)cc1. The molecule has 158 valence electrons. The second-order valence-corrected chi connectivity index (χ2v) is 7.46. The van der Waals surface area contributed by atoms with Gasteiger partial charge in [-0.15, -0.1) is 10.2 Å². The maximum absolute atomic E-state index is 12.8. The molecule has 9 nitrogen and oxygen atoms in total. The van der Waals surface area contributed by atoms with Crippen LogP contribution in [0.5, 0.6) is 0 Å². The largest absolute Gasteiger partial charge is 0.421 e. The molecule has 0 saturated carbocycles. The molecule has 0 bridgehead atoms. The van der Waals surface area contributed by atoms with E-state index in [2.05, 4.69) is 20.9 Å². The molecule has 0 radical (unpaired) electrons. The minimum atomic E-state index is -1.25. The highest BCUT2D eigenvalue weighted by molar-refractivity contribution is 6.08. The zero-order chi connectivity index (χ0) is 22.0. The number of benzene rings is 2. The number of aromatic nitrogens is 2. The van der Waals surface area contributed by atoms with Gasteiger partial charge in [-0.1, -0.05) is 48.0 Å². The van der Waals surface area contributed by atoms with Crippen molar-refractivity contribution >= 4 is 17.8 Å². The molecule has 1 saturated heterocycles. The highest BCUT2D eigenvalue weighted by atomic mass is 16.4. The molecular formula is C22H21N5O4. The molecule has 0 aliphatic carbocycles. The van der Waals surface area contributed by atoms with Gasteiger partial charge >= 0.3 is 6.03 Å². The lowest BCUT2D eigenvalue weighted by molar-refractivity contribution is -0.139. The fourth-order valence-electron chi connectivity index (χ4n) is 3.28. The zero-order valence-electron chi connectivity index (χ0n) is 17.1. The smallest absolute Gasteiger partial charge is 0.344 e. The minimum Gasteiger partial charge on any atom is -0.421 e. The predicted octanol–water partition coefficient (Wildman–Crippen LogP) is 2.48. The second kappa shape index (κ2) is 8.02. The molecule has 1 aliphatic heterocycles. The number of nitrogens with one attached hydrogen (secondary N) is 2. The lowest BCUT2D eigenvalue weighted by atomic mass is 9.92. The van der Waals surface area contributed by atoms with Gasteiger partial charge in [0.1, 0.15) is 5.54 Å². The molecule has 0 spiro atoms. The van der Waals surface area contributed by atoms with Gasteiger partial charge < -0.3 is 9.73 Å². The predicted molar refractivity (Wildman–Crippen MR) is 110 cm³/mol. The van der Waals surface area contributed by atoms with Crippen molar-refractivity contribution in [1.29, 1.82) is 0 Å². The molecule has 2 N–H and O–H groups in total. The Kier molecular flexibility index (Phi) is 5.24. The van der Waals surface area contributed by atoms with E-state index in [4.69, 9.17) is 4.42 Å². The van der Waals surface area contributed by atoms with E-state index in [1.54, 1.807) is 31.2 Å². The number of hydrazine groups is 1. The summed E-state index contributed by atoms with van der Waals surface area (Å²) in [7, 11) is 0. The molecule has 9 heteroatoms. The van der Waals surface area contributed by atoms with E-state index in [1.165, 1.54) is 0 Å². The third kappa shape index (κ3) is 4.02. The number of hydrogen-bond donors (Lipinski definition) is 2. The third-order valence-corrected chi connectivity index (χ3v) is 5.11. The van der Waals surface area contributed by atoms with Gasteiger partial charge in [-0.3, -0.25) is 15.0 Å². The van der Waals surface area contributed by atoms with Crippen LogP contribution in [0.2, 0.25) is 0 Å². The van der Waals surface area contributed by atoms with Crippen LogP contribution in [0.3, 0.4) is 0 Å².